The van der Waals surface area contributed by atoms with Gasteiger partial charge < -0.3 is 10.1 Å². The van der Waals surface area contributed by atoms with Crippen LogP contribution in [0.4, 0.5) is 0 Å². The molecule has 0 fully saturated rings. The van der Waals surface area contributed by atoms with E-state index in [9.17, 15) is 0 Å². The zero-order valence-electron chi connectivity index (χ0n) is 12.1. The monoisotopic (exact) mass is 300 g/mol. The lowest BCUT2D eigenvalue weighted by Crippen LogP contribution is -2.08. The quantitative estimate of drug-likeness (QED) is 0.913. The average molecular weight is 301 g/mol. The van der Waals surface area contributed by atoms with E-state index < -0.39 is 0 Å². The van der Waals surface area contributed by atoms with E-state index >= 15 is 0 Å². The van der Waals surface area contributed by atoms with Gasteiger partial charge in [-0.05, 0) is 31.7 Å². The molecule has 0 spiro atoms. The van der Waals surface area contributed by atoms with Gasteiger partial charge in [0.15, 0.2) is 0 Å². The van der Waals surface area contributed by atoms with Crippen LogP contribution in [-0.4, -0.2) is 7.05 Å². The number of halogens is 1. The van der Waals surface area contributed by atoms with E-state index in [1.165, 1.54) is 0 Å². The molecule has 4 heteroatoms. The first-order valence-electron chi connectivity index (χ1n) is 6.70. The molecule has 0 saturated carbocycles. The van der Waals surface area contributed by atoms with Gasteiger partial charge in [-0.15, -0.1) is 0 Å². The van der Waals surface area contributed by atoms with Crippen molar-refractivity contribution in [3.8, 4) is 11.8 Å². The summed E-state index contributed by atoms with van der Waals surface area (Å²) in [4.78, 5) is 0. The maximum absolute atomic E-state index is 8.85. The zero-order chi connectivity index (χ0) is 15.2. The Bertz CT molecular complexity index is 677. The first-order valence-corrected chi connectivity index (χ1v) is 7.08. The molecule has 0 heterocycles. The summed E-state index contributed by atoms with van der Waals surface area (Å²) in [6.45, 7) is 3.15. The Morgan fingerprint density at radius 3 is 2.71 bits per heavy atom. The maximum Gasteiger partial charge on any atom is 0.127 e. The van der Waals surface area contributed by atoms with Gasteiger partial charge in [0.05, 0.1) is 11.6 Å². The van der Waals surface area contributed by atoms with Crippen LogP contribution in [0.2, 0.25) is 5.02 Å². The van der Waals surface area contributed by atoms with Crippen molar-refractivity contribution in [1.29, 1.82) is 5.26 Å². The Kier molecular flexibility index (Phi) is 5.21. The lowest BCUT2D eigenvalue weighted by atomic mass is 10.1. The molecule has 0 bridgehead atoms. The number of benzene rings is 2. The molecule has 21 heavy (non-hydrogen) atoms. The highest BCUT2D eigenvalue weighted by atomic mass is 35.5. The van der Waals surface area contributed by atoms with Gasteiger partial charge in [0.25, 0.3) is 0 Å². The van der Waals surface area contributed by atoms with Crippen molar-refractivity contribution in [3.05, 3.63) is 63.7 Å². The van der Waals surface area contributed by atoms with Crippen LogP contribution in [0.15, 0.2) is 36.4 Å². The molecule has 0 atom stereocenters. The molecule has 108 valence electrons. The third kappa shape index (κ3) is 3.75. The van der Waals surface area contributed by atoms with E-state index in [4.69, 9.17) is 21.6 Å². The average Bonchev–Trinajstić information content (AvgIpc) is 2.48. The van der Waals surface area contributed by atoms with E-state index in [-0.39, 0.29) is 0 Å². The predicted octanol–water partition coefficient (Wildman–Crippen LogP) is 3.82. The van der Waals surface area contributed by atoms with E-state index in [1.807, 2.05) is 38.2 Å². The van der Waals surface area contributed by atoms with Gasteiger partial charge in [0.2, 0.25) is 0 Å². The number of nitrogens with one attached hydrogen (secondary N) is 1. The van der Waals surface area contributed by atoms with Gasteiger partial charge in [-0.3, -0.25) is 0 Å². The van der Waals surface area contributed by atoms with Crippen LogP contribution in [0, 0.1) is 18.3 Å². The normalized spacial score (nSPS) is 10.2. The number of hydrogen-bond donors (Lipinski definition) is 1. The highest BCUT2D eigenvalue weighted by Gasteiger charge is 2.08. The number of nitrogens with zero attached hydrogens (tertiary/aromatic N) is 1. The van der Waals surface area contributed by atoms with Gasteiger partial charge in [0, 0.05) is 22.7 Å². The molecule has 0 radical (unpaired) electrons. The van der Waals surface area contributed by atoms with Gasteiger partial charge in [-0.2, -0.15) is 5.26 Å². The highest BCUT2D eigenvalue weighted by Crippen LogP contribution is 2.26. The molecule has 0 aliphatic heterocycles. The fourth-order valence-electron chi connectivity index (χ4n) is 2.13. The van der Waals surface area contributed by atoms with Crippen molar-refractivity contribution >= 4 is 11.6 Å². The molecular formula is C17H17ClN2O. The van der Waals surface area contributed by atoms with Crippen molar-refractivity contribution in [2.24, 2.45) is 0 Å². The number of nitriles is 1. The highest BCUT2D eigenvalue weighted by molar-refractivity contribution is 6.31. The topological polar surface area (TPSA) is 45.0 Å². The Balaban J connectivity index is 2.19. The summed E-state index contributed by atoms with van der Waals surface area (Å²) in [6, 6.07) is 13.4. The van der Waals surface area contributed by atoms with Gasteiger partial charge in [-0.1, -0.05) is 35.9 Å². The van der Waals surface area contributed by atoms with Crippen LogP contribution < -0.4 is 10.1 Å². The zero-order valence-corrected chi connectivity index (χ0v) is 12.9. The summed E-state index contributed by atoms with van der Waals surface area (Å²) in [5.41, 5.74) is 3.62. The summed E-state index contributed by atoms with van der Waals surface area (Å²) in [6.07, 6.45) is 0. The molecule has 3 nitrogen and oxygen atoms in total. The van der Waals surface area contributed by atoms with Gasteiger partial charge in [-0.25, -0.2) is 0 Å². The molecule has 0 aliphatic carbocycles. The Hall–Kier alpha value is -2.02. The number of aryl methyl sites for hydroxylation is 1. The van der Waals surface area contributed by atoms with Crippen molar-refractivity contribution < 1.29 is 4.74 Å². The Morgan fingerprint density at radius 2 is 2.05 bits per heavy atom. The van der Waals surface area contributed by atoms with Crippen molar-refractivity contribution in [1.82, 2.24) is 5.32 Å². The largest absolute Gasteiger partial charge is 0.488 e. The lowest BCUT2D eigenvalue weighted by Gasteiger charge is -2.14. The number of rotatable bonds is 5. The van der Waals surface area contributed by atoms with E-state index in [0.29, 0.717) is 17.2 Å². The molecular weight excluding hydrogens is 284 g/mol. The number of para-hydroxylation sites is 1. The maximum atomic E-state index is 8.85. The minimum atomic E-state index is 0.381. The lowest BCUT2D eigenvalue weighted by molar-refractivity contribution is 0.300. The predicted molar refractivity (Wildman–Crippen MR) is 84.4 cm³/mol. The van der Waals surface area contributed by atoms with E-state index in [0.717, 1.165) is 29.0 Å². The molecule has 0 amide bonds. The van der Waals surface area contributed by atoms with Gasteiger partial charge in [0.1, 0.15) is 12.4 Å². The third-order valence-corrected chi connectivity index (χ3v) is 3.57. The Morgan fingerprint density at radius 1 is 1.24 bits per heavy atom. The summed E-state index contributed by atoms with van der Waals surface area (Å²) < 4.78 is 5.95. The molecule has 2 aromatic rings. The number of ether oxygens (including phenoxy) is 1. The minimum absolute atomic E-state index is 0.381. The van der Waals surface area contributed by atoms with Gasteiger partial charge >= 0.3 is 0 Å². The van der Waals surface area contributed by atoms with E-state index in [2.05, 4.69) is 11.4 Å². The first kappa shape index (κ1) is 15.4. The minimum Gasteiger partial charge on any atom is -0.488 e. The second kappa shape index (κ2) is 7.12. The molecule has 1 N–H and O–H groups in total. The smallest absolute Gasteiger partial charge is 0.127 e. The van der Waals surface area contributed by atoms with Crippen molar-refractivity contribution in [2.45, 2.75) is 20.1 Å². The molecule has 2 aromatic carbocycles. The molecule has 0 unspecified atom stereocenters. The van der Waals surface area contributed by atoms with Crippen LogP contribution in [0.1, 0.15) is 22.3 Å². The summed E-state index contributed by atoms with van der Waals surface area (Å²) in [5.74, 6) is 0.882. The summed E-state index contributed by atoms with van der Waals surface area (Å²) >= 11 is 6.17. The van der Waals surface area contributed by atoms with Crippen molar-refractivity contribution in [2.75, 3.05) is 7.05 Å². The molecule has 0 aliphatic rings. The van der Waals surface area contributed by atoms with Crippen LogP contribution in [0.5, 0.6) is 5.75 Å². The number of hydrogen-bond acceptors (Lipinski definition) is 3. The fourth-order valence-corrected chi connectivity index (χ4v) is 2.37. The third-order valence-electron chi connectivity index (χ3n) is 3.21. The second-order valence-electron chi connectivity index (χ2n) is 4.80. The fraction of sp³-hybridized carbons (Fsp3) is 0.235. The molecule has 2 rings (SSSR count). The summed E-state index contributed by atoms with van der Waals surface area (Å²) in [5, 5.41) is 12.5. The summed E-state index contributed by atoms with van der Waals surface area (Å²) in [7, 11) is 1.91. The van der Waals surface area contributed by atoms with Crippen LogP contribution in [-0.2, 0) is 13.2 Å². The van der Waals surface area contributed by atoms with Crippen molar-refractivity contribution in [3.63, 3.8) is 0 Å². The van der Waals surface area contributed by atoms with Crippen LogP contribution >= 0.6 is 11.6 Å². The second-order valence-corrected chi connectivity index (χ2v) is 5.21. The van der Waals surface area contributed by atoms with Crippen LogP contribution in [0.25, 0.3) is 0 Å². The Labute approximate surface area is 130 Å². The SMILES string of the molecule is CNCc1cccc(C)c1OCc1ccc(C#N)cc1Cl. The molecule has 0 saturated heterocycles. The first-order chi connectivity index (χ1) is 10.2. The molecule has 0 aromatic heterocycles. The van der Waals surface area contributed by atoms with Crippen LogP contribution in [0.3, 0.4) is 0 Å². The standard InChI is InChI=1S/C17H17ClN2O/c1-12-4-3-5-14(10-20-2)17(12)21-11-15-7-6-13(9-19)8-16(15)18/h3-8,20H,10-11H2,1-2H3. The van der Waals surface area contributed by atoms with E-state index in [1.54, 1.807) is 12.1 Å².